The second-order valence-electron chi connectivity index (χ2n) is 6.59. The van der Waals surface area contributed by atoms with Crippen LogP contribution < -0.4 is 10.1 Å². The monoisotopic (exact) mass is 401 g/mol. The van der Waals surface area contributed by atoms with Crippen LogP contribution in [0.25, 0.3) is 10.9 Å². The molecule has 0 aliphatic carbocycles. The van der Waals surface area contributed by atoms with Crippen molar-refractivity contribution in [2.75, 3.05) is 21.2 Å². The summed E-state index contributed by atoms with van der Waals surface area (Å²) in [4.78, 5) is 12.9. The molecule has 0 bridgehead atoms. The number of nitrogens with zero attached hydrogens (tertiary/aromatic N) is 2. The van der Waals surface area contributed by atoms with Crippen molar-refractivity contribution >= 4 is 26.8 Å². The highest BCUT2D eigenvalue weighted by molar-refractivity contribution is 7.89. The van der Waals surface area contributed by atoms with Crippen molar-refractivity contribution in [2.45, 2.75) is 11.4 Å². The van der Waals surface area contributed by atoms with Crippen LogP contribution in [0.15, 0.2) is 53.4 Å². The van der Waals surface area contributed by atoms with Crippen LogP contribution in [0.4, 0.5) is 0 Å². The van der Waals surface area contributed by atoms with Crippen molar-refractivity contribution in [3.8, 4) is 5.75 Å². The minimum absolute atomic E-state index is 0.191. The van der Waals surface area contributed by atoms with Gasteiger partial charge in [-0.25, -0.2) is 12.7 Å². The molecule has 7 nitrogen and oxygen atoms in total. The smallest absolute Gasteiger partial charge is 0.268 e. The van der Waals surface area contributed by atoms with Gasteiger partial charge < -0.3 is 14.6 Å². The minimum Gasteiger partial charge on any atom is -0.496 e. The zero-order chi connectivity index (χ0) is 20.5. The Hall–Kier alpha value is -2.84. The summed E-state index contributed by atoms with van der Waals surface area (Å²) in [6.45, 7) is 0.324. The molecule has 1 amide bonds. The first kappa shape index (κ1) is 19.9. The van der Waals surface area contributed by atoms with Crippen LogP contribution >= 0.6 is 0 Å². The molecule has 0 unspecified atom stereocenters. The number of sulfonamides is 1. The van der Waals surface area contributed by atoms with Crippen molar-refractivity contribution < 1.29 is 17.9 Å². The van der Waals surface area contributed by atoms with E-state index in [1.807, 2.05) is 24.3 Å². The third kappa shape index (κ3) is 3.61. The maximum atomic E-state index is 12.7. The van der Waals surface area contributed by atoms with E-state index in [1.165, 1.54) is 14.1 Å². The van der Waals surface area contributed by atoms with E-state index in [0.717, 1.165) is 15.4 Å². The molecule has 2 aromatic carbocycles. The van der Waals surface area contributed by atoms with Crippen LogP contribution in [0.2, 0.25) is 0 Å². The zero-order valence-electron chi connectivity index (χ0n) is 16.3. The molecule has 1 heterocycles. The molecule has 0 atom stereocenters. The maximum Gasteiger partial charge on any atom is 0.268 e. The number of para-hydroxylation sites is 1. The lowest BCUT2D eigenvalue weighted by molar-refractivity contribution is 0.0943. The number of carbonyl (C=O) groups excluding carboxylic acids is 1. The number of rotatable bonds is 6. The number of fused-ring (bicyclic) bond motifs is 1. The van der Waals surface area contributed by atoms with Gasteiger partial charge in [-0.3, -0.25) is 4.79 Å². The molecule has 3 aromatic rings. The van der Waals surface area contributed by atoms with Crippen molar-refractivity contribution in [3.05, 3.63) is 59.8 Å². The van der Waals surface area contributed by atoms with E-state index in [2.05, 4.69) is 5.32 Å². The summed E-state index contributed by atoms with van der Waals surface area (Å²) in [6.07, 6.45) is 0. The lowest BCUT2D eigenvalue weighted by Gasteiger charge is -2.11. The Morgan fingerprint density at radius 2 is 1.86 bits per heavy atom. The van der Waals surface area contributed by atoms with Crippen LogP contribution in [0.1, 0.15) is 16.1 Å². The SMILES string of the molecule is COc1ccccc1CNC(=O)c1cc2cc(S(=O)(=O)N(C)C)ccc2n1C. The number of benzene rings is 2. The summed E-state index contributed by atoms with van der Waals surface area (Å²) in [7, 11) is 2.80. The number of hydrogen-bond acceptors (Lipinski definition) is 4. The lowest BCUT2D eigenvalue weighted by atomic mass is 10.2. The minimum atomic E-state index is -3.54. The fraction of sp³-hybridized carbons (Fsp3) is 0.250. The van der Waals surface area contributed by atoms with Crippen molar-refractivity contribution in [1.82, 2.24) is 14.2 Å². The van der Waals surface area contributed by atoms with E-state index >= 15 is 0 Å². The zero-order valence-corrected chi connectivity index (χ0v) is 17.1. The van der Waals surface area contributed by atoms with Crippen LogP contribution in [0.3, 0.4) is 0 Å². The maximum absolute atomic E-state index is 12.7. The number of aromatic nitrogens is 1. The van der Waals surface area contributed by atoms with Gasteiger partial charge in [-0.1, -0.05) is 18.2 Å². The normalized spacial score (nSPS) is 11.8. The number of methoxy groups -OCH3 is 1. The predicted octanol–water partition coefficient (Wildman–Crippen LogP) is 2.37. The molecule has 0 saturated carbocycles. The van der Waals surface area contributed by atoms with E-state index in [-0.39, 0.29) is 10.8 Å². The lowest BCUT2D eigenvalue weighted by Crippen LogP contribution is -2.25. The first-order valence-corrected chi connectivity index (χ1v) is 10.1. The van der Waals surface area contributed by atoms with Crippen molar-refractivity contribution in [3.63, 3.8) is 0 Å². The molecule has 0 aliphatic rings. The van der Waals surface area contributed by atoms with Crippen LogP contribution in [0, 0.1) is 0 Å². The van der Waals surface area contributed by atoms with Gasteiger partial charge in [-0.05, 0) is 30.3 Å². The predicted molar refractivity (Wildman–Crippen MR) is 108 cm³/mol. The molecule has 0 aliphatic heterocycles. The standard InChI is InChI=1S/C20H23N3O4S/c1-22(2)28(25,26)16-9-10-17-15(11-16)12-18(23(17)3)20(24)21-13-14-7-5-6-8-19(14)27-4/h5-12H,13H2,1-4H3,(H,21,24). The molecule has 0 spiro atoms. The summed E-state index contributed by atoms with van der Waals surface area (Å²) in [5.41, 5.74) is 2.10. The molecule has 1 N–H and O–H groups in total. The summed E-state index contributed by atoms with van der Waals surface area (Å²) in [6, 6.07) is 14.0. The second kappa shape index (κ2) is 7.65. The summed E-state index contributed by atoms with van der Waals surface area (Å²) >= 11 is 0. The molecular formula is C20H23N3O4S. The van der Waals surface area contributed by atoms with E-state index in [9.17, 15) is 13.2 Å². The molecule has 0 fully saturated rings. The van der Waals surface area contributed by atoms with Gasteiger partial charge in [0.15, 0.2) is 0 Å². The van der Waals surface area contributed by atoms with Gasteiger partial charge in [0, 0.05) is 44.2 Å². The Kier molecular flexibility index (Phi) is 5.44. The Balaban J connectivity index is 1.88. The first-order valence-electron chi connectivity index (χ1n) is 8.68. The number of carbonyl (C=O) groups is 1. The largest absolute Gasteiger partial charge is 0.496 e. The van der Waals surface area contributed by atoms with Crippen LogP contribution in [-0.2, 0) is 23.6 Å². The van der Waals surface area contributed by atoms with Gasteiger partial charge in [0.1, 0.15) is 11.4 Å². The van der Waals surface area contributed by atoms with Crippen LogP contribution in [-0.4, -0.2) is 44.4 Å². The quantitative estimate of drug-likeness (QED) is 0.688. The van der Waals surface area contributed by atoms with E-state index in [1.54, 1.807) is 43.0 Å². The molecule has 0 saturated heterocycles. The summed E-state index contributed by atoms with van der Waals surface area (Å²) < 4.78 is 32.9. The number of nitrogens with one attached hydrogen (secondary N) is 1. The average molecular weight is 401 g/mol. The molecule has 0 radical (unpaired) electrons. The molecule has 8 heteroatoms. The average Bonchev–Trinajstić information content (AvgIpc) is 3.02. The van der Waals surface area contributed by atoms with E-state index in [4.69, 9.17) is 4.74 Å². The number of amides is 1. The van der Waals surface area contributed by atoms with Gasteiger partial charge in [-0.2, -0.15) is 0 Å². The van der Waals surface area contributed by atoms with Crippen molar-refractivity contribution in [1.29, 1.82) is 0 Å². The summed E-state index contributed by atoms with van der Waals surface area (Å²) in [5.74, 6) is 0.458. The summed E-state index contributed by atoms with van der Waals surface area (Å²) in [5, 5.41) is 3.58. The Morgan fingerprint density at radius 1 is 1.14 bits per heavy atom. The highest BCUT2D eigenvalue weighted by Gasteiger charge is 2.20. The molecule has 148 valence electrons. The van der Waals surface area contributed by atoms with Gasteiger partial charge >= 0.3 is 0 Å². The second-order valence-corrected chi connectivity index (χ2v) is 8.74. The molecular weight excluding hydrogens is 378 g/mol. The van der Waals surface area contributed by atoms with Crippen molar-refractivity contribution in [2.24, 2.45) is 7.05 Å². The topological polar surface area (TPSA) is 80.6 Å². The molecule has 3 rings (SSSR count). The van der Waals surface area contributed by atoms with E-state index in [0.29, 0.717) is 23.4 Å². The van der Waals surface area contributed by atoms with Gasteiger partial charge in [0.05, 0.1) is 12.0 Å². The van der Waals surface area contributed by atoms with Gasteiger partial charge in [-0.15, -0.1) is 0 Å². The Morgan fingerprint density at radius 3 is 2.54 bits per heavy atom. The van der Waals surface area contributed by atoms with Gasteiger partial charge in [0.2, 0.25) is 10.0 Å². The van der Waals surface area contributed by atoms with Gasteiger partial charge in [0.25, 0.3) is 5.91 Å². The highest BCUT2D eigenvalue weighted by Crippen LogP contribution is 2.24. The number of ether oxygens (including phenoxy) is 1. The fourth-order valence-electron chi connectivity index (χ4n) is 3.03. The Labute approximate surface area is 164 Å². The van der Waals surface area contributed by atoms with E-state index < -0.39 is 10.0 Å². The Bertz CT molecular complexity index is 1130. The fourth-order valence-corrected chi connectivity index (χ4v) is 3.97. The molecule has 28 heavy (non-hydrogen) atoms. The highest BCUT2D eigenvalue weighted by atomic mass is 32.2. The molecule has 1 aromatic heterocycles. The third-order valence-electron chi connectivity index (χ3n) is 4.66. The number of hydrogen-bond donors (Lipinski definition) is 1. The van der Waals surface area contributed by atoms with Crippen LogP contribution in [0.5, 0.6) is 5.75 Å². The number of aryl methyl sites for hydroxylation is 1. The first-order chi connectivity index (χ1) is 13.3. The third-order valence-corrected chi connectivity index (χ3v) is 6.47.